The number of aliphatic hydroxyl groups is 3. The number of nitrogens with zero attached hydrogens (tertiary/aromatic N) is 3. The van der Waals surface area contributed by atoms with Gasteiger partial charge in [-0.1, -0.05) is 19.7 Å². The molecule has 3 unspecified atom stereocenters. The number of ether oxygens (including phenoxy) is 3. The number of hydrogen-bond acceptors (Lipinski definition) is 9. The average molecular weight is 297 g/mol. The van der Waals surface area contributed by atoms with Crippen LogP contribution >= 0.6 is 0 Å². The third-order valence-electron chi connectivity index (χ3n) is 1.86. The van der Waals surface area contributed by atoms with E-state index in [0.717, 1.165) is 18.2 Å². The molecule has 0 aliphatic carbocycles. The Labute approximate surface area is 120 Å². The van der Waals surface area contributed by atoms with Crippen molar-refractivity contribution in [2.24, 2.45) is 0 Å². The fourth-order valence-electron chi connectivity index (χ4n) is 0.947. The summed E-state index contributed by atoms with van der Waals surface area (Å²) >= 11 is 0. The highest BCUT2D eigenvalue weighted by atomic mass is 16.6. The van der Waals surface area contributed by atoms with E-state index in [1.807, 2.05) is 0 Å². The second kappa shape index (κ2) is 7.94. The molecule has 3 atom stereocenters. The summed E-state index contributed by atoms with van der Waals surface area (Å²) in [6.45, 7) is 9.93. The standard InChI is InChI=1S/C12H15N3O6/c1-4-7(16)19-10-13-11(20-8(17)5-2)15-12(14-10)21-9(18)6-3/h4-9,16-18H,1-3H2. The lowest BCUT2D eigenvalue weighted by atomic mass is 10.6. The molecule has 0 aliphatic heterocycles. The van der Waals surface area contributed by atoms with E-state index in [1.165, 1.54) is 0 Å². The number of aromatic nitrogens is 3. The van der Waals surface area contributed by atoms with Crippen molar-refractivity contribution in [2.45, 2.75) is 18.9 Å². The van der Waals surface area contributed by atoms with Crippen molar-refractivity contribution in [3.8, 4) is 18.0 Å². The first-order chi connectivity index (χ1) is 9.98. The van der Waals surface area contributed by atoms with Crippen molar-refractivity contribution < 1.29 is 29.5 Å². The van der Waals surface area contributed by atoms with E-state index < -0.39 is 18.9 Å². The van der Waals surface area contributed by atoms with E-state index in [4.69, 9.17) is 14.2 Å². The van der Waals surface area contributed by atoms with Crippen LogP contribution in [0.1, 0.15) is 0 Å². The molecule has 0 saturated heterocycles. The lowest BCUT2D eigenvalue weighted by Gasteiger charge is -2.13. The van der Waals surface area contributed by atoms with Crippen LogP contribution < -0.4 is 14.2 Å². The Hall–Kier alpha value is -2.49. The molecule has 3 N–H and O–H groups in total. The van der Waals surface area contributed by atoms with Gasteiger partial charge in [0.25, 0.3) is 0 Å². The molecule has 0 saturated carbocycles. The Morgan fingerprint density at radius 1 is 0.667 bits per heavy atom. The monoisotopic (exact) mass is 297 g/mol. The fraction of sp³-hybridized carbons (Fsp3) is 0.250. The molecule has 1 heterocycles. The van der Waals surface area contributed by atoms with Crippen molar-refractivity contribution >= 4 is 0 Å². The van der Waals surface area contributed by atoms with Gasteiger partial charge in [0.05, 0.1) is 0 Å². The maximum absolute atomic E-state index is 9.30. The third-order valence-corrected chi connectivity index (χ3v) is 1.86. The fourth-order valence-corrected chi connectivity index (χ4v) is 0.947. The van der Waals surface area contributed by atoms with E-state index in [1.54, 1.807) is 0 Å². The van der Waals surface area contributed by atoms with Crippen molar-refractivity contribution in [3.63, 3.8) is 0 Å². The molecule has 0 amide bonds. The Kier molecular flexibility index (Phi) is 6.27. The molecule has 114 valence electrons. The van der Waals surface area contributed by atoms with Gasteiger partial charge in [-0.05, 0) is 18.2 Å². The van der Waals surface area contributed by atoms with Gasteiger partial charge < -0.3 is 29.5 Å². The molecule has 0 fully saturated rings. The zero-order valence-corrected chi connectivity index (χ0v) is 11.0. The maximum Gasteiger partial charge on any atom is 0.328 e. The first-order valence-electron chi connectivity index (χ1n) is 5.66. The van der Waals surface area contributed by atoms with E-state index in [0.29, 0.717) is 0 Å². The molecule has 0 aromatic carbocycles. The Morgan fingerprint density at radius 2 is 0.905 bits per heavy atom. The van der Waals surface area contributed by atoms with Gasteiger partial charge in [-0.15, -0.1) is 15.0 Å². The van der Waals surface area contributed by atoms with Crippen LogP contribution in [0, 0.1) is 0 Å². The van der Waals surface area contributed by atoms with Gasteiger partial charge in [0.1, 0.15) is 0 Å². The molecule has 0 radical (unpaired) electrons. The van der Waals surface area contributed by atoms with Crippen LogP contribution in [0.4, 0.5) is 0 Å². The van der Waals surface area contributed by atoms with Gasteiger partial charge >= 0.3 is 18.0 Å². The maximum atomic E-state index is 9.30. The van der Waals surface area contributed by atoms with Crippen molar-refractivity contribution in [1.29, 1.82) is 0 Å². The van der Waals surface area contributed by atoms with E-state index >= 15 is 0 Å². The molecule has 0 bridgehead atoms. The van der Waals surface area contributed by atoms with Crippen molar-refractivity contribution in [3.05, 3.63) is 38.0 Å². The number of aliphatic hydroxyl groups excluding tert-OH is 3. The van der Waals surface area contributed by atoms with Crippen LogP contribution in [-0.2, 0) is 0 Å². The van der Waals surface area contributed by atoms with Gasteiger partial charge in [-0.25, -0.2) is 0 Å². The highest BCUT2D eigenvalue weighted by Crippen LogP contribution is 2.17. The third kappa shape index (κ3) is 5.57. The van der Waals surface area contributed by atoms with Crippen molar-refractivity contribution in [2.75, 3.05) is 0 Å². The smallest absolute Gasteiger partial charge is 0.328 e. The van der Waals surface area contributed by atoms with Gasteiger partial charge in [-0.3, -0.25) is 0 Å². The quantitative estimate of drug-likeness (QED) is 0.409. The molecular weight excluding hydrogens is 282 g/mol. The zero-order valence-electron chi connectivity index (χ0n) is 11.0. The minimum Gasteiger partial charge on any atom is -0.430 e. The van der Waals surface area contributed by atoms with E-state index in [2.05, 4.69) is 34.7 Å². The number of hydrogen-bond donors (Lipinski definition) is 3. The average Bonchev–Trinajstić information content (AvgIpc) is 2.46. The first-order valence-corrected chi connectivity index (χ1v) is 5.66. The van der Waals surface area contributed by atoms with Crippen LogP contribution in [-0.4, -0.2) is 49.1 Å². The Morgan fingerprint density at radius 3 is 1.10 bits per heavy atom. The molecule has 9 heteroatoms. The summed E-state index contributed by atoms with van der Waals surface area (Å²) in [5, 5.41) is 27.9. The summed E-state index contributed by atoms with van der Waals surface area (Å²) in [7, 11) is 0. The number of rotatable bonds is 9. The van der Waals surface area contributed by atoms with Crippen LogP contribution in [0.5, 0.6) is 18.0 Å². The van der Waals surface area contributed by atoms with Gasteiger partial charge in [-0.2, -0.15) is 0 Å². The zero-order chi connectivity index (χ0) is 15.8. The van der Waals surface area contributed by atoms with Crippen molar-refractivity contribution in [1.82, 2.24) is 15.0 Å². The SMILES string of the molecule is C=CC(O)Oc1nc(OC(O)C=C)nc(OC(O)C=C)n1. The molecule has 1 aromatic heterocycles. The highest BCUT2D eigenvalue weighted by Gasteiger charge is 2.15. The molecule has 0 spiro atoms. The van der Waals surface area contributed by atoms with Crippen LogP contribution in [0.25, 0.3) is 0 Å². The van der Waals surface area contributed by atoms with Crippen LogP contribution in [0.15, 0.2) is 38.0 Å². The lowest BCUT2D eigenvalue weighted by molar-refractivity contribution is -0.00314. The molecule has 0 aliphatic rings. The molecular formula is C12H15N3O6. The summed E-state index contributed by atoms with van der Waals surface area (Å²) in [5.41, 5.74) is 0. The van der Waals surface area contributed by atoms with E-state index in [9.17, 15) is 15.3 Å². The Bertz CT molecular complexity index is 426. The summed E-state index contributed by atoms with van der Waals surface area (Å²) < 4.78 is 14.6. The molecule has 1 rings (SSSR count). The minimum absolute atomic E-state index is 0.366. The normalized spacial score (nSPS) is 14.4. The van der Waals surface area contributed by atoms with E-state index in [-0.39, 0.29) is 18.0 Å². The molecule has 21 heavy (non-hydrogen) atoms. The summed E-state index contributed by atoms with van der Waals surface area (Å²) in [5.74, 6) is 0. The second-order valence-corrected chi connectivity index (χ2v) is 3.42. The topological polar surface area (TPSA) is 127 Å². The van der Waals surface area contributed by atoms with Crippen LogP contribution in [0.3, 0.4) is 0 Å². The minimum atomic E-state index is -1.37. The summed E-state index contributed by atoms with van der Waals surface area (Å²) in [4.78, 5) is 11.0. The Balaban J connectivity index is 3.02. The van der Waals surface area contributed by atoms with Crippen LogP contribution in [0.2, 0.25) is 0 Å². The summed E-state index contributed by atoms with van der Waals surface area (Å²) in [6, 6.07) is -1.10. The molecule has 9 nitrogen and oxygen atoms in total. The van der Waals surface area contributed by atoms with Gasteiger partial charge in [0, 0.05) is 0 Å². The molecule has 1 aromatic rings. The lowest BCUT2D eigenvalue weighted by Crippen LogP contribution is -2.19. The predicted molar refractivity (Wildman–Crippen MR) is 70.3 cm³/mol. The van der Waals surface area contributed by atoms with Gasteiger partial charge in [0.15, 0.2) is 0 Å². The first kappa shape index (κ1) is 16.6. The second-order valence-electron chi connectivity index (χ2n) is 3.42. The predicted octanol–water partition coefficient (Wildman–Crippen LogP) is -0.479. The largest absolute Gasteiger partial charge is 0.430 e. The van der Waals surface area contributed by atoms with Gasteiger partial charge in [0.2, 0.25) is 18.9 Å². The summed E-state index contributed by atoms with van der Waals surface area (Å²) in [6.07, 6.45) is -0.864. The highest BCUT2D eigenvalue weighted by molar-refractivity contribution is 5.10.